The summed E-state index contributed by atoms with van der Waals surface area (Å²) >= 11 is 0. The zero-order chi connectivity index (χ0) is 6.97. The Morgan fingerprint density at radius 1 is 1.30 bits per heavy atom. The lowest BCUT2D eigenvalue weighted by atomic mass is 10.0. The van der Waals surface area contributed by atoms with Gasteiger partial charge in [-0.3, -0.25) is 4.79 Å². The molecule has 0 aliphatic carbocycles. The second-order valence-corrected chi connectivity index (χ2v) is 3.35. The maximum absolute atomic E-state index is 11.2. The van der Waals surface area contributed by atoms with Crippen molar-refractivity contribution in [1.82, 2.24) is 5.32 Å². The van der Waals surface area contributed by atoms with E-state index in [1.54, 1.807) is 0 Å². The molecule has 2 fully saturated rings. The molecule has 0 spiro atoms. The highest BCUT2D eigenvalue weighted by molar-refractivity contribution is 5.84. The number of nitrogens with one attached hydrogen (secondary N) is 1. The number of rotatable bonds is 0. The van der Waals surface area contributed by atoms with Crippen LogP contribution < -0.4 is 5.32 Å². The van der Waals surface area contributed by atoms with Crippen LogP contribution in [0.15, 0.2) is 0 Å². The Kier molecular flexibility index (Phi) is 1.49. The van der Waals surface area contributed by atoms with Gasteiger partial charge in [0.05, 0.1) is 6.04 Å². The van der Waals surface area contributed by atoms with E-state index >= 15 is 0 Å². The summed E-state index contributed by atoms with van der Waals surface area (Å²) in [6.45, 7) is 0. The second-order valence-electron chi connectivity index (χ2n) is 3.35. The van der Waals surface area contributed by atoms with Gasteiger partial charge in [-0.05, 0) is 25.7 Å². The van der Waals surface area contributed by atoms with E-state index in [4.69, 9.17) is 0 Å². The van der Waals surface area contributed by atoms with Crippen molar-refractivity contribution in [3.63, 3.8) is 0 Å². The molecule has 2 heteroatoms. The Balaban J connectivity index is 2.10. The Labute approximate surface area is 61.0 Å². The standard InChI is InChI=1S/C8H13NO/c10-8-3-1-2-6-4-5-7(8)9-6/h6-7,9H,1-5H2. The van der Waals surface area contributed by atoms with Crippen molar-refractivity contribution < 1.29 is 4.79 Å². The minimum absolute atomic E-state index is 0.229. The Hall–Kier alpha value is -0.370. The molecule has 2 aliphatic rings. The van der Waals surface area contributed by atoms with Crippen molar-refractivity contribution in [1.29, 1.82) is 0 Å². The Bertz CT molecular complexity index is 155. The number of hydrogen-bond acceptors (Lipinski definition) is 2. The smallest absolute Gasteiger partial charge is 0.149 e. The molecule has 0 aromatic rings. The van der Waals surface area contributed by atoms with Crippen molar-refractivity contribution in [3.8, 4) is 0 Å². The summed E-state index contributed by atoms with van der Waals surface area (Å²) in [5.41, 5.74) is 0. The van der Waals surface area contributed by atoms with E-state index in [-0.39, 0.29) is 6.04 Å². The molecule has 0 aromatic heterocycles. The summed E-state index contributed by atoms with van der Waals surface area (Å²) in [7, 11) is 0. The number of carbonyl (C=O) groups excluding carboxylic acids is 1. The van der Waals surface area contributed by atoms with Crippen molar-refractivity contribution in [2.75, 3.05) is 0 Å². The van der Waals surface area contributed by atoms with Crippen molar-refractivity contribution in [2.45, 2.75) is 44.2 Å². The first-order valence-corrected chi connectivity index (χ1v) is 4.15. The van der Waals surface area contributed by atoms with E-state index in [1.807, 2.05) is 0 Å². The summed E-state index contributed by atoms with van der Waals surface area (Å²) in [5, 5.41) is 3.35. The molecule has 56 valence electrons. The topological polar surface area (TPSA) is 29.1 Å². The minimum Gasteiger partial charge on any atom is -0.305 e. The predicted octanol–water partition coefficient (Wildman–Crippen LogP) is 0.860. The maximum Gasteiger partial charge on any atom is 0.149 e. The van der Waals surface area contributed by atoms with Gasteiger partial charge in [-0.25, -0.2) is 0 Å². The van der Waals surface area contributed by atoms with Crippen LogP contribution in [0.3, 0.4) is 0 Å². The summed E-state index contributed by atoms with van der Waals surface area (Å²) in [4.78, 5) is 11.2. The average molecular weight is 139 g/mol. The molecule has 2 aliphatic heterocycles. The van der Waals surface area contributed by atoms with Crippen molar-refractivity contribution in [3.05, 3.63) is 0 Å². The molecule has 2 unspecified atom stereocenters. The van der Waals surface area contributed by atoms with E-state index in [0.29, 0.717) is 11.8 Å². The summed E-state index contributed by atoms with van der Waals surface area (Å²) in [6.07, 6.45) is 5.43. The average Bonchev–Trinajstić information content (AvgIpc) is 2.27. The molecule has 10 heavy (non-hydrogen) atoms. The van der Waals surface area contributed by atoms with Gasteiger partial charge in [-0.2, -0.15) is 0 Å². The molecule has 2 rings (SSSR count). The fourth-order valence-electron chi connectivity index (χ4n) is 2.00. The summed E-state index contributed by atoms with van der Waals surface area (Å²) < 4.78 is 0. The molecule has 2 saturated heterocycles. The number of Topliss-reactive ketones (excluding diaryl/α,β-unsaturated/α-hetero) is 1. The Morgan fingerprint density at radius 2 is 2.20 bits per heavy atom. The highest BCUT2D eigenvalue weighted by Gasteiger charge is 2.30. The third-order valence-electron chi connectivity index (χ3n) is 2.61. The highest BCUT2D eigenvalue weighted by atomic mass is 16.1. The Morgan fingerprint density at radius 3 is 3.10 bits per heavy atom. The van der Waals surface area contributed by atoms with Crippen LogP contribution in [-0.2, 0) is 4.79 Å². The van der Waals surface area contributed by atoms with Gasteiger partial charge in [0.2, 0.25) is 0 Å². The molecule has 2 heterocycles. The predicted molar refractivity (Wildman–Crippen MR) is 38.8 cm³/mol. The van der Waals surface area contributed by atoms with E-state index in [9.17, 15) is 4.79 Å². The van der Waals surface area contributed by atoms with Crippen LogP contribution in [-0.4, -0.2) is 17.9 Å². The molecule has 0 aromatic carbocycles. The van der Waals surface area contributed by atoms with E-state index in [1.165, 1.54) is 12.8 Å². The second kappa shape index (κ2) is 2.35. The maximum atomic E-state index is 11.2. The zero-order valence-electron chi connectivity index (χ0n) is 6.10. The van der Waals surface area contributed by atoms with Crippen LogP contribution in [0.25, 0.3) is 0 Å². The first-order valence-electron chi connectivity index (χ1n) is 4.15. The molecule has 1 N–H and O–H groups in total. The number of ketones is 1. The summed E-state index contributed by atoms with van der Waals surface area (Å²) in [6, 6.07) is 0.893. The van der Waals surface area contributed by atoms with Gasteiger partial charge in [0.25, 0.3) is 0 Å². The SMILES string of the molecule is O=C1CCCC2CCC1N2. The third-order valence-corrected chi connectivity index (χ3v) is 2.61. The highest BCUT2D eigenvalue weighted by Crippen LogP contribution is 2.22. The lowest BCUT2D eigenvalue weighted by Gasteiger charge is -2.05. The largest absolute Gasteiger partial charge is 0.305 e. The van der Waals surface area contributed by atoms with E-state index in [0.717, 1.165) is 19.3 Å². The van der Waals surface area contributed by atoms with Crippen molar-refractivity contribution in [2.24, 2.45) is 0 Å². The number of hydrogen-bond donors (Lipinski definition) is 1. The fraction of sp³-hybridized carbons (Fsp3) is 0.875. The van der Waals surface area contributed by atoms with Crippen molar-refractivity contribution >= 4 is 5.78 Å². The first kappa shape index (κ1) is 6.35. The molecule has 0 radical (unpaired) electrons. The van der Waals surface area contributed by atoms with Crippen LogP contribution in [0.1, 0.15) is 32.1 Å². The molecule has 0 saturated carbocycles. The van der Waals surface area contributed by atoms with Gasteiger partial charge in [0.15, 0.2) is 0 Å². The van der Waals surface area contributed by atoms with E-state index < -0.39 is 0 Å². The lowest BCUT2D eigenvalue weighted by molar-refractivity contribution is -0.120. The van der Waals surface area contributed by atoms with Gasteiger partial charge in [-0.15, -0.1) is 0 Å². The van der Waals surface area contributed by atoms with E-state index in [2.05, 4.69) is 5.32 Å². The van der Waals surface area contributed by atoms with Crippen LogP contribution in [0.5, 0.6) is 0 Å². The van der Waals surface area contributed by atoms with Gasteiger partial charge >= 0.3 is 0 Å². The third kappa shape index (κ3) is 0.966. The van der Waals surface area contributed by atoms with Crippen LogP contribution in [0.2, 0.25) is 0 Å². The molecule has 2 nitrogen and oxygen atoms in total. The molecular formula is C8H13NO. The molecule has 2 atom stereocenters. The number of carbonyl (C=O) groups is 1. The van der Waals surface area contributed by atoms with Gasteiger partial charge in [-0.1, -0.05) is 0 Å². The van der Waals surface area contributed by atoms with Gasteiger partial charge in [0, 0.05) is 12.5 Å². The van der Waals surface area contributed by atoms with Crippen LogP contribution >= 0.6 is 0 Å². The van der Waals surface area contributed by atoms with Crippen LogP contribution in [0, 0.1) is 0 Å². The molecule has 2 bridgehead atoms. The van der Waals surface area contributed by atoms with Gasteiger partial charge < -0.3 is 5.32 Å². The van der Waals surface area contributed by atoms with Gasteiger partial charge in [0.1, 0.15) is 5.78 Å². The first-order chi connectivity index (χ1) is 4.86. The monoisotopic (exact) mass is 139 g/mol. The quantitative estimate of drug-likeness (QED) is 0.539. The zero-order valence-corrected chi connectivity index (χ0v) is 6.10. The number of fused-ring (bicyclic) bond motifs is 2. The summed E-state index contributed by atoms with van der Waals surface area (Å²) in [5.74, 6) is 0.444. The lowest BCUT2D eigenvalue weighted by Crippen LogP contribution is -2.32. The van der Waals surface area contributed by atoms with Crippen LogP contribution in [0.4, 0.5) is 0 Å². The molecule has 0 amide bonds. The minimum atomic E-state index is 0.229. The fourth-order valence-corrected chi connectivity index (χ4v) is 2.00. The normalized spacial score (nSPS) is 39.8. The molecular weight excluding hydrogens is 126 g/mol.